The lowest BCUT2D eigenvalue weighted by atomic mass is 10.2. The third-order valence-electron chi connectivity index (χ3n) is 2.13. The second kappa shape index (κ2) is 7.04. The van der Waals surface area contributed by atoms with E-state index in [1.165, 1.54) is 0 Å². The van der Waals surface area contributed by atoms with Crippen LogP contribution in [0.1, 0.15) is 26.3 Å². The van der Waals surface area contributed by atoms with Crippen LogP contribution in [0.4, 0.5) is 0 Å². The van der Waals surface area contributed by atoms with Crippen molar-refractivity contribution in [2.45, 2.75) is 38.2 Å². The number of rotatable bonds is 6. The molecule has 0 heterocycles. The zero-order valence-corrected chi connectivity index (χ0v) is 11.7. The molecule has 0 bridgehead atoms. The lowest BCUT2D eigenvalue weighted by molar-refractivity contribution is 0.0397. The first-order chi connectivity index (χ1) is 7.97. The summed E-state index contributed by atoms with van der Waals surface area (Å²) in [5.41, 5.74) is 1.14. The molecule has 0 saturated carbocycles. The Morgan fingerprint density at radius 1 is 1.24 bits per heavy atom. The number of hydrogen-bond acceptors (Lipinski definition) is 3. The van der Waals surface area contributed by atoms with Crippen LogP contribution in [0, 0.1) is 0 Å². The van der Waals surface area contributed by atoms with Crippen LogP contribution < -0.4 is 0 Å². The molecule has 0 aliphatic rings. The van der Waals surface area contributed by atoms with Crippen molar-refractivity contribution in [3.05, 3.63) is 35.9 Å². The number of aliphatic hydroxyl groups is 1. The second-order valence-electron chi connectivity index (χ2n) is 5.08. The van der Waals surface area contributed by atoms with Gasteiger partial charge < -0.3 is 9.84 Å². The third kappa shape index (κ3) is 7.42. The van der Waals surface area contributed by atoms with E-state index in [2.05, 4.69) is 20.8 Å². The molecule has 0 spiro atoms. The van der Waals surface area contributed by atoms with Gasteiger partial charge >= 0.3 is 0 Å². The van der Waals surface area contributed by atoms with Gasteiger partial charge in [-0.3, -0.25) is 0 Å². The van der Waals surface area contributed by atoms with Crippen molar-refractivity contribution >= 4 is 11.8 Å². The molecule has 1 aromatic rings. The van der Waals surface area contributed by atoms with Gasteiger partial charge in [0.25, 0.3) is 0 Å². The Balaban J connectivity index is 2.14. The molecule has 1 atom stereocenters. The minimum absolute atomic E-state index is 0.195. The Morgan fingerprint density at radius 3 is 2.47 bits per heavy atom. The summed E-state index contributed by atoms with van der Waals surface area (Å²) in [6, 6.07) is 10.0. The summed E-state index contributed by atoms with van der Waals surface area (Å²) in [6.07, 6.45) is -0.386. The number of thioether (sulfide) groups is 1. The average Bonchev–Trinajstić information content (AvgIpc) is 2.27. The SMILES string of the molecule is CC(C)(C)SCC(O)COCc1ccccc1. The molecule has 0 aromatic heterocycles. The Hall–Kier alpha value is -0.510. The van der Waals surface area contributed by atoms with Gasteiger partial charge in [-0.15, -0.1) is 0 Å². The van der Waals surface area contributed by atoms with Crippen LogP contribution in [0.2, 0.25) is 0 Å². The molecule has 1 unspecified atom stereocenters. The summed E-state index contributed by atoms with van der Waals surface area (Å²) in [6.45, 7) is 7.41. The molecule has 0 radical (unpaired) electrons. The molecular formula is C14H22O2S. The van der Waals surface area contributed by atoms with Gasteiger partial charge in [0.1, 0.15) is 0 Å². The minimum atomic E-state index is -0.386. The van der Waals surface area contributed by atoms with E-state index in [1.54, 1.807) is 11.8 Å². The van der Waals surface area contributed by atoms with E-state index in [0.29, 0.717) is 13.2 Å². The van der Waals surface area contributed by atoms with Gasteiger partial charge in [0.05, 0.1) is 19.3 Å². The maximum atomic E-state index is 9.74. The minimum Gasteiger partial charge on any atom is -0.390 e. The molecule has 1 aromatic carbocycles. The molecule has 17 heavy (non-hydrogen) atoms. The summed E-state index contributed by atoms with van der Waals surface area (Å²) in [7, 11) is 0. The Kier molecular flexibility index (Phi) is 6.03. The second-order valence-corrected chi connectivity index (χ2v) is 6.92. The highest BCUT2D eigenvalue weighted by Crippen LogP contribution is 2.23. The Morgan fingerprint density at radius 2 is 1.88 bits per heavy atom. The normalized spacial score (nSPS) is 13.6. The molecule has 0 saturated heterocycles. The largest absolute Gasteiger partial charge is 0.390 e. The van der Waals surface area contributed by atoms with Gasteiger partial charge in [0, 0.05) is 10.5 Å². The predicted molar refractivity (Wildman–Crippen MR) is 74.3 cm³/mol. The third-order valence-corrected chi connectivity index (χ3v) is 3.55. The van der Waals surface area contributed by atoms with Crippen molar-refractivity contribution in [3.63, 3.8) is 0 Å². The van der Waals surface area contributed by atoms with Crippen molar-refractivity contribution < 1.29 is 9.84 Å². The molecule has 0 aliphatic heterocycles. The van der Waals surface area contributed by atoms with Crippen molar-refractivity contribution in [1.82, 2.24) is 0 Å². The molecule has 0 amide bonds. The number of ether oxygens (including phenoxy) is 1. The highest BCUT2D eigenvalue weighted by atomic mass is 32.2. The fourth-order valence-corrected chi connectivity index (χ4v) is 2.07. The number of hydrogen-bond donors (Lipinski definition) is 1. The standard InChI is InChI=1S/C14H22O2S/c1-14(2,3)17-11-13(15)10-16-9-12-7-5-4-6-8-12/h4-8,13,15H,9-11H2,1-3H3. The van der Waals surface area contributed by atoms with Gasteiger partial charge in [-0.05, 0) is 5.56 Å². The van der Waals surface area contributed by atoms with E-state index in [9.17, 15) is 5.11 Å². The van der Waals surface area contributed by atoms with Crippen LogP contribution in [0.25, 0.3) is 0 Å². The summed E-state index contributed by atoms with van der Waals surface area (Å²) >= 11 is 1.76. The van der Waals surface area contributed by atoms with Crippen LogP contribution in [-0.2, 0) is 11.3 Å². The lowest BCUT2D eigenvalue weighted by Crippen LogP contribution is -2.21. The first-order valence-corrected chi connectivity index (χ1v) is 6.89. The highest BCUT2D eigenvalue weighted by Gasteiger charge is 2.13. The van der Waals surface area contributed by atoms with Gasteiger partial charge in [0.15, 0.2) is 0 Å². The lowest BCUT2D eigenvalue weighted by Gasteiger charge is -2.20. The van der Waals surface area contributed by atoms with Crippen molar-refractivity contribution in [3.8, 4) is 0 Å². The zero-order chi connectivity index (χ0) is 12.7. The summed E-state index contributed by atoms with van der Waals surface area (Å²) in [4.78, 5) is 0. The fourth-order valence-electron chi connectivity index (χ4n) is 1.28. The first-order valence-electron chi connectivity index (χ1n) is 5.91. The summed E-state index contributed by atoms with van der Waals surface area (Å²) < 4.78 is 5.68. The monoisotopic (exact) mass is 254 g/mol. The smallest absolute Gasteiger partial charge is 0.0864 e. The van der Waals surface area contributed by atoms with E-state index >= 15 is 0 Å². The van der Waals surface area contributed by atoms with Crippen LogP contribution in [0.15, 0.2) is 30.3 Å². The molecular weight excluding hydrogens is 232 g/mol. The topological polar surface area (TPSA) is 29.5 Å². The number of aliphatic hydroxyl groups excluding tert-OH is 1. The van der Waals surface area contributed by atoms with Crippen molar-refractivity contribution in [2.24, 2.45) is 0 Å². The fraction of sp³-hybridized carbons (Fsp3) is 0.571. The molecule has 1 rings (SSSR count). The van der Waals surface area contributed by atoms with Gasteiger partial charge in [-0.2, -0.15) is 11.8 Å². The van der Waals surface area contributed by atoms with E-state index in [1.807, 2.05) is 30.3 Å². The van der Waals surface area contributed by atoms with Crippen LogP contribution >= 0.6 is 11.8 Å². The average molecular weight is 254 g/mol. The quantitative estimate of drug-likeness (QED) is 0.846. The van der Waals surface area contributed by atoms with E-state index in [4.69, 9.17) is 4.74 Å². The summed E-state index contributed by atoms with van der Waals surface area (Å²) in [5, 5.41) is 9.74. The Labute approximate surface area is 108 Å². The first kappa shape index (κ1) is 14.6. The number of benzene rings is 1. The van der Waals surface area contributed by atoms with E-state index in [0.717, 1.165) is 11.3 Å². The Bertz CT molecular complexity index is 306. The molecule has 96 valence electrons. The summed E-state index contributed by atoms with van der Waals surface area (Å²) in [5.74, 6) is 0.721. The maximum Gasteiger partial charge on any atom is 0.0864 e. The molecule has 2 nitrogen and oxygen atoms in total. The zero-order valence-electron chi connectivity index (χ0n) is 10.8. The molecule has 0 fully saturated rings. The van der Waals surface area contributed by atoms with Crippen molar-refractivity contribution in [1.29, 1.82) is 0 Å². The highest BCUT2D eigenvalue weighted by molar-refractivity contribution is 8.00. The van der Waals surface area contributed by atoms with Crippen LogP contribution in [0.3, 0.4) is 0 Å². The van der Waals surface area contributed by atoms with Crippen LogP contribution in [0.5, 0.6) is 0 Å². The molecule has 1 N–H and O–H groups in total. The van der Waals surface area contributed by atoms with Crippen molar-refractivity contribution in [2.75, 3.05) is 12.4 Å². The molecule has 0 aliphatic carbocycles. The predicted octanol–water partition coefficient (Wildman–Crippen LogP) is 3.10. The van der Waals surface area contributed by atoms with Gasteiger partial charge in [0.2, 0.25) is 0 Å². The molecule has 3 heteroatoms. The van der Waals surface area contributed by atoms with Gasteiger partial charge in [-0.25, -0.2) is 0 Å². The maximum absolute atomic E-state index is 9.74. The van der Waals surface area contributed by atoms with Crippen LogP contribution in [-0.4, -0.2) is 28.3 Å². The van der Waals surface area contributed by atoms with Gasteiger partial charge in [-0.1, -0.05) is 51.1 Å². The van der Waals surface area contributed by atoms with E-state index < -0.39 is 0 Å². The van der Waals surface area contributed by atoms with E-state index in [-0.39, 0.29) is 10.9 Å².